The van der Waals surface area contributed by atoms with Gasteiger partial charge in [-0.15, -0.1) is 0 Å². The van der Waals surface area contributed by atoms with E-state index in [1.165, 1.54) is 28.3 Å². The van der Waals surface area contributed by atoms with Gasteiger partial charge in [-0.2, -0.15) is 9.97 Å². The van der Waals surface area contributed by atoms with Gasteiger partial charge in [0.25, 0.3) is 0 Å². The number of hydrogen-bond donors (Lipinski definition) is 1. The van der Waals surface area contributed by atoms with Gasteiger partial charge in [-0.05, 0) is 0 Å². The van der Waals surface area contributed by atoms with Gasteiger partial charge in [0.2, 0.25) is 27.7 Å². The lowest BCUT2D eigenvalue weighted by Gasteiger charge is -2.18. The van der Waals surface area contributed by atoms with Crippen molar-refractivity contribution in [2.45, 2.75) is 6.10 Å². The van der Waals surface area contributed by atoms with Gasteiger partial charge < -0.3 is 19.5 Å². The first-order valence-electron chi connectivity index (χ1n) is 7.07. The van der Waals surface area contributed by atoms with Crippen molar-refractivity contribution >= 4 is 16.0 Å². The minimum absolute atomic E-state index is 0.126. The molecule has 0 bridgehead atoms. The van der Waals surface area contributed by atoms with Gasteiger partial charge in [-0.25, -0.2) is 12.7 Å². The van der Waals surface area contributed by atoms with Gasteiger partial charge in [0.1, 0.15) is 0 Å². The summed E-state index contributed by atoms with van der Waals surface area (Å²) in [5, 5.41) is 10.2. The highest BCUT2D eigenvalue weighted by molar-refractivity contribution is 7.89. The molecule has 0 spiro atoms. The SMILES string of the molecule is COc1cc(OC)nc(N2C[C@@H](CS(=O)(=O)N(C)C)[C@H](O)C2)n1. The van der Waals surface area contributed by atoms with Crippen LogP contribution < -0.4 is 14.4 Å². The summed E-state index contributed by atoms with van der Waals surface area (Å²) in [6.45, 7) is 0.592. The number of aromatic nitrogens is 2. The normalized spacial score (nSPS) is 21.7. The predicted octanol–water partition coefficient (Wildman–Crippen LogP) is -0.818. The molecule has 9 nitrogen and oxygen atoms in total. The third-order valence-corrected chi connectivity index (χ3v) is 5.72. The molecule has 1 aliphatic heterocycles. The lowest BCUT2D eigenvalue weighted by Crippen LogP contribution is -2.33. The zero-order valence-corrected chi connectivity index (χ0v) is 14.4. The number of aliphatic hydroxyl groups excluding tert-OH is 1. The van der Waals surface area contributed by atoms with Crippen molar-refractivity contribution in [2.24, 2.45) is 5.92 Å². The van der Waals surface area contributed by atoms with Crippen molar-refractivity contribution in [3.63, 3.8) is 0 Å². The van der Waals surface area contributed by atoms with Crippen LogP contribution in [0, 0.1) is 5.92 Å². The van der Waals surface area contributed by atoms with Crippen LogP contribution in [0.3, 0.4) is 0 Å². The van der Waals surface area contributed by atoms with Crippen molar-refractivity contribution < 1.29 is 23.0 Å². The topological polar surface area (TPSA) is 105 Å². The van der Waals surface area contributed by atoms with Crippen molar-refractivity contribution in [2.75, 3.05) is 52.1 Å². The molecule has 1 aromatic heterocycles. The second-order valence-electron chi connectivity index (χ2n) is 5.55. The molecule has 2 atom stereocenters. The fourth-order valence-electron chi connectivity index (χ4n) is 2.34. The Morgan fingerprint density at radius 2 is 1.83 bits per heavy atom. The molecule has 1 fully saturated rings. The van der Waals surface area contributed by atoms with Gasteiger partial charge in [0.15, 0.2) is 0 Å². The quantitative estimate of drug-likeness (QED) is 0.712. The van der Waals surface area contributed by atoms with Crippen molar-refractivity contribution in [1.82, 2.24) is 14.3 Å². The second-order valence-corrected chi connectivity index (χ2v) is 7.77. The number of hydrogen-bond acceptors (Lipinski definition) is 8. The molecule has 2 rings (SSSR count). The molecule has 0 radical (unpaired) electrons. The van der Waals surface area contributed by atoms with E-state index in [2.05, 4.69) is 9.97 Å². The lowest BCUT2D eigenvalue weighted by molar-refractivity contribution is 0.157. The highest BCUT2D eigenvalue weighted by Gasteiger charge is 2.36. The highest BCUT2D eigenvalue weighted by atomic mass is 32.2. The number of rotatable bonds is 6. The van der Waals surface area contributed by atoms with Gasteiger partial charge >= 0.3 is 0 Å². The summed E-state index contributed by atoms with van der Waals surface area (Å²) < 4.78 is 35.4. The van der Waals surface area contributed by atoms with E-state index in [-0.39, 0.29) is 12.3 Å². The molecule has 0 aromatic carbocycles. The number of methoxy groups -OCH3 is 2. The molecule has 0 aliphatic carbocycles. The minimum Gasteiger partial charge on any atom is -0.481 e. The molecule has 1 saturated heterocycles. The largest absolute Gasteiger partial charge is 0.481 e. The number of sulfonamides is 1. The Hall–Kier alpha value is -1.65. The molecule has 2 heterocycles. The first-order chi connectivity index (χ1) is 10.8. The van der Waals surface area contributed by atoms with Crippen LogP contribution in [0.15, 0.2) is 6.07 Å². The zero-order valence-electron chi connectivity index (χ0n) is 13.6. The number of nitrogens with zero attached hydrogens (tertiary/aromatic N) is 4. The zero-order chi connectivity index (χ0) is 17.2. The average Bonchev–Trinajstić information content (AvgIpc) is 2.87. The summed E-state index contributed by atoms with van der Waals surface area (Å²) >= 11 is 0. The fourth-order valence-corrected chi connectivity index (χ4v) is 3.51. The molecular weight excluding hydrogens is 324 g/mol. The van der Waals surface area contributed by atoms with Crippen LogP contribution in [0.5, 0.6) is 11.8 Å². The third kappa shape index (κ3) is 4.01. The van der Waals surface area contributed by atoms with Crippen LogP contribution >= 0.6 is 0 Å². The fraction of sp³-hybridized carbons (Fsp3) is 0.692. The van der Waals surface area contributed by atoms with Crippen LogP contribution in [-0.4, -0.2) is 81.1 Å². The van der Waals surface area contributed by atoms with E-state index < -0.39 is 22.0 Å². The van der Waals surface area contributed by atoms with E-state index in [1.807, 2.05) is 0 Å². The standard InChI is InChI=1S/C13H22N4O5S/c1-16(2)23(19,20)8-9-6-17(7-10(9)18)13-14-11(21-3)5-12(15-13)22-4/h5,9-10,18H,6-8H2,1-4H3/t9-,10+/m0/s1. The van der Waals surface area contributed by atoms with Crippen molar-refractivity contribution in [3.05, 3.63) is 6.07 Å². The molecular formula is C13H22N4O5S. The first kappa shape index (κ1) is 17.7. The first-order valence-corrected chi connectivity index (χ1v) is 8.68. The van der Waals surface area contributed by atoms with Crippen molar-refractivity contribution in [3.8, 4) is 11.8 Å². The monoisotopic (exact) mass is 346 g/mol. The summed E-state index contributed by atoms with van der Waals surface area (Å²) in [7, 11) is 2.53. The summed E-state index contributed by atoms with van der Waals surface area (Å²) in [4.78, 5) is 10.2. The van der Waals surface area contributed by atoms with Crippen molar-refractivity contribution in [1.29, 1.82) is 0 Å². The van der Waals surface area contributed by atoms with Gasteiger partial charge in [-0.1, -0.05) is 0 Å². The smallest absolute Gasteiger partial charge is 0.232 e. The molecule has 0 saturated carbocycles. The van der Waals surface area contributed by atoms with Gasteiger partial charge in [-0.3, -0.25) is 0 Å². The number of ether oxygens (including phenoxy) is 2. The summed E-state index contributed by atoms with van der Waals surface area (Å²) in [6, 6.07) is 1.55. The molecule has 1 aliphatic rings. The Balaban J connectivity index is 2.18. The maximum atomic E-state index is 12.0. The number of aliphatic hydroxyl groups is 1. The van der Waals surface area contributed by atoms with Crippen LogP contribution in [0.2, 0.25) is 0 Å². The van der Waals surface area contributed by atoms with Gasteiger partial charge in [0, 0.05) is 33.1 Å². The van der Waals surface area contributed by atoms with E-state index in [0.717, 1.165) is 4.31 Å². The molecule has 0 unspecified atom stereocenters. The maximum absolute atomic E-state index is 12.0. The molecule has 1 N–H and O–H groups in total. The Morgan fingerprint density at radius 1 is 1.26 bits per heavy atom. The van der Waals surface area contributed by atoms with Crippen LogP contribution in [0.1, 0.15) is 0 Å². The van der Waals surface area contributed by atoms with E-state index in [1.54, 1.807) is 11.0 Å². The maximum Gasteiger partial charge on any atom is 0.232 e. The van der Waals surface area contributed by atoms with E-state index in [4.69, 9.17) is 9.47 Å². The number of anilines is 1. The minimum atomic E-state index is -3.39. The Bertz CT molecular complexity index is 630. The number of β-amino-alcohol motifs (C(OH)–C–C–N with tert-alkyl or cyclic N) is 1. The Kier molecular flexibility index (Phi) is 5.27. The summed E-state index contributed by atoms with van der Waals surface area (Å²) in [5.74, 6) is 0.475. The highest BCUT2D eigenvalue weighted by Crippen LogP contribution is 2.26. The summed E-state index contributed by atoms with van der Waals surface area (Å²) in [5.41, 5.74) is 0. The van der Waals surface area contributed by atoms with Crippen LogP contribution in [0.4, 0.5) is 5.95 Å². The molecule has 1 aromatic rings. The van der Waals surface area contributed by atoms with Gasteiger partial charge in [0.05, 0.1) is 32.1 Å². The Morgan fingerprint density at radius 3 is 2.30 bits per heavy atom. The van der Waals surface area contributed by atoms with E-state index in [9.17, 15) is 13.5 Å². The van der Waals surface area contributed by atoms with Crippen LogP contribution in [-0.2, 0) is 10.0 Å². The predicted molar refractivity (Wildman–Crippen MR) is 84.3 cm³/mol. The second kappa shape index (κ2) is 6.85. The van der Waals surface area contributed by atoms with Crippen LogP contribution in [0.25, 0.3) is 0 Å². The molecule has 23 heavy (non-hydrogen) atoms. The lowest BCUT2D eigenvalue weighted by atomic mass is 10.1. The molecule has 10 heteroatoms. The molecule has 130 valence electrons. The summed E-state index contributed by atoms with van der Waals surface area (Å²) in [6.07, 6.45) is -0.773. The average molecular weight is 346 g/mol. The van der Waals surface area contributed by atoms with E-state index >= 15 is 0 Å². The van der Waals surface area contributed by atoms with E-state index in [0.29, 0.717) is 24.3 Å². The molecule has 0 amide bonds. The Labute approximate surface area is 135 Å². The third-order valence-electron chi connectivity index (χ3n) is 3.76.